The van der Waals surface area contributed by atoms with Crippen LogP contribution in [0.4, 0.5) is 0 Å². The first-order valence-corrected chi connectivity index (χ1v) is 7.94. The molecule has 1 aliphatic heterocycles. The van der Waals surface area contributed by atoms with Crippen LogP contribution in [0.1, 0.15) is 39.4 Å². The Hall–Kier alpha value is -0.840. The van der Waals surface area contributed by atoms with Gasteiger partial charge in [0, 0.05) is 37.8 Å². The zero-order chi connectivity index (χ0) is 13.6. The van der Waals surface area contributed by atoms with Gasteiger partial charge in [-0.05, 0) is 32.0 Å². The molecule has 3 rings (SSSR count). The molecule has 2 N–H and O–H groups in total. The number of aryl methyl sites for hydroxylation is 2. The molecule has 2 heterocycles. The lowest BCUT2D eigenvalue weighted by Crippen LogP contribution is -2.24. The molecule has 100 valence electrons. The number of halogens is 1. The number of benzene rings is 1. The molecule has 0 bridgehead atoms. The van der Waals surface area contributed by atoms with E-state index in [2.05, 4.69) is 35.8 Å². The molecule has 1 aliphatic rings. The Morgan fingerprint density at radius 3 is 2.74 bits per heavy atom. The summed E-state index contributed by atoms with van der Waals surface area (Å²) >= 11 is 5.30. The lowest BCUT2D eigenvalue weighted by atomic mass is 9.94. The fourth-order valence-corrected chi connectivity index (χ4v) is 3.95. The number of rotatable bonds is 1. The summed E-state index contributed by atoms with van der Waals surface area (Å²) in [5.74, 6) is 0.904. The predicted octanol–water partition coefficient (Wildman–Crippen LogP) is 4.65. The number of fused-ring (bicyclic) bond motifs is 1. The Morgan fingerprint density at radius 2 is 2.05 bits per heavy atom. The van der Waals surface area contributed by atoms with Crippen LogP contribution in [0.2, 0.25) is 0 Å². The van der Waals surface area contributed by atoms with E-state index >= 15 is 0 Å². The fraction of sp³-hybridized carbons (Fsp3) is 0.333. The largest absolute Gasteiger partial charge is 0.485 e. The van der Waals surface area contributed by atoms with Crippen molar-refractivity contribution in [2.24, 2.45) is 5.73 Å². The topological polar surface area (TPSA) is 35.2 Å². The van der Waals surface area contributed by atoms with Gasteiger partial charge in [-0.25, -0.2) is 0 Å². The molecule has 1 aromatic heterocycles. The summed E-state index contributed by atoms with van der Waals surface area (Å²) in [7, 11) is 0. The zero-order valence-electron chi connectivity index (χ0n) is 10.9. The summed E-state index contributed by atoms with van der Waals surface area (Å²) < 4.78 is 7.19. The second-order valence-electron chi connectivity index (χ2n) is 5.00. The summed E-state index contributed by atoms with van der Waals surface area (Å²) in [6.07, 6.45) is 0.910. The molecule has 0 fully saturated rings. The molecule has 0 radical (unpaired) electrons. The molecule has 2 nitrogen and oxygen atoms in total. The van der Waals surface area contributed by atoms with Crippen LogP contribution in [0, 0.1) is 13.8 Å². The van der Waals surface area contributed by atoms with Crippen molar-refractivity contribution in [2.45, 2.75) is 32.4 Å². The maximum absolute atomic E-state index is 6.29. The molecule has 0 amide bonds. The van der Waals surface area contributed by atoms with Crippen molar-refractivity contribution in [3.8, 4) is 5.75 Å². The van der Waals surface area contributed by atoms with Gasteiger partial charge in [-0.1, -0.05) is 22.0 Å². The highest BCUT2D eigenvalue weighted by Crippen LogP contribution is 2.42. The SMILES string of the molecule is Cc1cc(C2C[C@@H](N)c3ccc(Br)cc3O2)c(C)s1. The van der Waals surface area contributed by atoms with Crippen LogP contribution in [0.3, 0.4) is 0 Å². The molecule has 4 heteroatoms. The molecular weight excluding hydrogens is 322 g/mol. The third-order valence-corrected chi connectivity index (χ3v) is 5.01. The summed E-state index contributed by atoms with van der Waals surface area (Å²) in [6.45, 7) is 4.28. The van der Waals surface area contributed by atoms with Crippen molar-refractivity contribution in [3.05, 3.63) is 49.6 Å². The molecule has 2 atom stereocenters. The van der Waals surface area contributed by atoms with Crippen molar-refractivity contribution in [2.75, 3.05) is 0 Å². The number of thiophene rings is 1. The van der Waals surface area contributed by atoms with Gasteiger partial charge in [0.1, 0.15) is 11.9 Å². The van der Waals surface area contributed by atoms with Crippen LogP contribution in [-0.2, 0) is 0 Å². The fourth-order valence-electron chi connectivity index (χ4n) is 2.64. The summed E-state index contributed by atoms with van der Waals surface area (Å²) in [4.78, 5) is 2.65. The van der Waals surface area contributed by atoms with Crippen LogP contribution in [0.5, 0.6) is 5.75 Å². The third kappa shape index (κ3) is 2.45. The minimum atomic E-state index is 0.0430. The van der Waals surface area contributed by atoms with E-state index < -0.39 is 0 Å². The van der Waals surface area contributed by atoms with Gasteiger partial charge in [0.25, 0.3) is 0 Å². The van der Waals surface area contributed by atoms with Crippen LogP contribution in [-0.4, -0.2) is 0 Å². The highest BCUT2D eigenvalue weighted by Gasteiger charge is 2.28. The molecular formula is C15H16BrNOS. The highest BCUT2D eigenvalue weighted by molar-refractivity contribution is 9.10. The maximum Gasteiger partial charge on any atom is 0.127 e. The van der Waals surface area contributed by atoms with Gasteiger partial charge in [-0.2, -0.15) is 0 Å². The lowest BCUT2D eigenvalue weighted by Gasteiger charge is -2.30. The lowest BCUT2D eigenvalue weighted by molar-refractivity contribution is 0.161. The van der Waals surface area contributed by atoms with Gasteiger partial charge in [-0.15, -0.1) is 11.3 Å². The second-order valence-corrected chi connectivity index (χ2v) is 7.38. The average molecular weight is 338 g/mol. The zero-order valence-corrected chi connectivity index (χ0v) is 13.3. The number of nitrogens with two attached hydrogens (primary N) is 1. The van der Waals surface area contributed by atoms with Gasteiger partial charge >= 0.3 is 0 Å². The van der Waals surface area contributed by atoms with Crippen molar-refractivity contribution in [3.63, 3.8) is 0 Å². The molecule has 2 aromatic rings. The smallest absolute Gasteiger partial charge is 0.127 e. The molecule has 0 saturated carbocycles. The highest BCUT2D eigenvalue weighted by atomic mass is 79.9. The Kier molecular flexibility index (Phi) is 3.41. The van der Waals surface area contributed by atoms with E-state index in [1.807, 2.05) is 29.5 Å². The molecule has 19 heavy (non-hydrogen) atoms. The number of ether oxygens (including phenoxy) is 1. The number of hydrogen-bond acceptors (Lipinski definition) is 3. The van der Waals surface area contributed by atoms with Crippen molar-refractivity contribution < 1.29 is 4.74 Å². The average Bonchev–Trinajstić information content (AvgIpc) is 2.67. The Balaban J connectivity index is 1.98. The van der Waals surface area contributed by atoms with E-state index in [0.717, 1.165) is 22.2 Å². The van der Waals surface area contributed by atoms with E-state index in [0.29, 0.717) is 0 Å². The monoisotopic (exact) mass is 337 g/mol. The van der Waals surface area contributed by atoms with Gasteiger partial charge in [0.2, 0.25) is 0 Å². The first kappa shape index (κ1) is 13.2. The third-order valence-electron chi connectivity index (χ3n) is 3.54. The first-order chi connectivity index (χ1) is 9.04. The predicted molar refractivity (Wildman–Crippen MR) is 82.8 cm³/mol. The van der Waals surface area contributed by atoms with Crippen LogP contribution >= 0.6 is 27.3 Å². The standard InChI is InChI=1S/C15H16BrNOS/c1-8-5-12(9(2)19-8)15-7-13(17)11-4-3-10(16)6-14(11)18-15/h3-6,13,15H,7,17H2,1-2H3/t13-,15?/m1/s1. The maximum atomic E-state index is 6.29. The summed E-state index contributed by atoms with van der Waals surface area (Å²) in [6, 6.07) is 8.34. The van der Waals surface area contributed by atoms with Crippen molar-refractivity contribution in [1.29, 1.82) is 0 Å². The Labute approximate surface area is 125 Å². The molecule has 1 unspecified atom stereocenters. The van der Waals surface area contributed by atoms with Crippen molar-refractivity contribution >= 4 is 27.3 Å². The van der Waals surface area contributed by atoms with Crippen LogP contribution in [0.15, 0.2) is 28.7 Å². The molecule has 0 saturated heterocycles. The van der Waals surface area contributed by atoms with E-state index in [9.17, 15) is 0 Å². The van der Waals surface area contributed by atoms with Gasteiger partial charge in [-0.3, -0.25) is 0 Å². The van der Waals surface area contributed by atoms with E-state index in [1.165, 1.54) is 15.3 Å². The van der Waals surface area contributed by atoms with E-state index in [4.69, 9.17) is 10.5 Å². The van der Waals surface area contributed by atoms with Gasteiger partial charge in [0.15, 0.2) is 0 Å². The summed E-state index contributed by atoms with van der Waals surface area (Å²) in [5.41, 5.74) is 8.67. The molecule has 0 aliphatic carbocycles. The quantitative estimate of drug-likeness (QED) is 0.821. The van der Waals surface area contributed by atoms with E-state index in [-0.39, 0.29) is 12.1 Å². The Morgan fingerprint density at radius 1 is 1.26 bits per heavy atom. The first-order valence-electron chi connectivity index (χ1n) is 6.33. The molecule has 0 spiro atoms. The minimum Gasteiger partial charge on any atom is -0.485 e. The van der Waals surface area contributed by atoms with Gasteiger partial charge < -0.3 is 10.5 Å². The molecule has 1 aromatic carbocycles. The Bertz CT molecular complexity index is 623. The number of hydrogen-bond donors (Lipinski definition) is 1. The minimum absolute atomic E-state index is 0.0430. The normalized spacial score (nSPS) is 21.9. The van der Waals surface area contributed by atoms with E-state index in [1.54, 1.807) is 0 Å². The second kappa shape index (κ2) is 4.93. The summed E-state index contributed by atoms with van der Waals surface area (Å²) in [5, 5.41) is 0. The van der Waals surface area contributed by atoms with Gasteiger partial charge in [0.05, 0.1) is 0 Å². The van der Waals surface area contributed by atoms with Crippen molar-refractivity contribution in [1.82, 2.24) is 0 Å². The van der Waals surface area contributed by atoms with Crippen LogP contribution < -0.4 is 10.5 Å². The van der Waals surface area contributed by atoms with Crippen LogP contribution in [0.25, 0.3) is 0 Å².